The van der Waals surface area contributed by atoms with E-state index in [-0.39, 0.29) is 0 Å². The zero-order valence-corrected chi connectivity index (χ0v) is 13.5. The van der Waals surface area contributed by atoms with Crippen molar-refractivity contribution in [2.75, 3.05) is 23.3 Å². The predicted octanol–water partition coefficient (Wildman–Crippen LogP) is 2.85. The molecule has 3 aromatic heterocycles. The molecule has 1 aliphatic rings. The Kier molecular flexibility index (Phi) is 3.40. The van der Waals surface area contributed by atoms with Crippen LogP contribution in [0.1, 0.15) is 32.7 Å². The van der Waals surface area contributed by atoms with Crippen LogP contribution in [0, 0.1) is 0 Å². The second-order valence-corrected chi connectivity index (χ2v) is 6.22. The number of anilines is 3. The van der Waals surface area contributed by atoms with Crippen molar-refractivity contribution >= 4 is 23.1 Å². The van der Waals surface area contributed by atoms with Crippen molar-refractivity contribution in [2.24, 2.45) is 0 Å². The Labute approximate surface area is 135 Å². The molecular weight excluding hydrogens is 290 g/mol. The van der Waals surface area contributed by atoms with E-state index in [1.54, 1.807) is 0 Å². The molecule has 120 valence electrons. The largest absolute Gasteiger partial charge is 0.340 e. The van der Waals surface area contributed by atoms with E-state index in [4.69, 9.17) is 4.98 Å². The molecule has 3 aromatic rings. The summed E-state index contributed by atoms with van der Waals surface area (Å²) in [4.78, 5) is 11.4. The maximum atomic E-state index is 4.74. The quantitative estimate of drug-likeness (QED) is 0.802. The van der Waals surface area contributed by atoms with Crippen LogP contribution in [0.4, 0.5) is 17.6 Å². The normalized spacial score (nSPS) is 15.0. The van der Waals surface area contributed by atoms with Crippen LogP contribution in [-0.4, -0.2) is 37.2 Å². The molecule has 0 radical (unpaired) electrons. The predicted molar refractivity (Wildman–Crippen MR) is 90.3 cm³/mol. The summed E-state index contributed by atoms with van der Waals surface area (Å²) in [5.74, 6) is 2.37. The molecule has 0 unspecified atom stereocenters. The molecule has 1 saturated heterocycles. The maximum absolute atomic E-state index is 4.74. The SMILES string of the molecule is CC(C)n1cnc(Nc2nc(N3CCCC3)nn3cccc23)c1. The molecule has 0 saturated carbocycles. The highest BCUT2D eigenvalue weighted by molar-refractivity contribution is 5.72. The van der Waals surface area contributed by atoms with E-state index in [0.29, 0.717) is 6.04 Å². The van der Waals surface area contributed by atoms with E-state index in [1.807, 2.05) is 35.4 Å². The lowest BCUT2D eigenvalue weighted by molar-refractivity contribution is 0.600. The molecule has 1 fully saturated rings. The molecule has 0 bridgehead atoms. The van der Waals surface area contributed by atoms with Crippen molar-refractivity contribution in [3.63, 3.8) is 0 Å². The van der Waals surface area contributed by atoms with E-state index < -0.39 is 0 Å². The minimum absolute atomic E-state index is 0.386. The Balaban J connectivity index is 1.70. The van der Waals surface area contributed by atoms with Crippen molar-refractivity contribution in [1.29, 1.82) is 0 Å². The smallest absolute Gasteiger partial charge is 0.245 e. The van der Waals surface area contributed by atoms with Gasteiger partial charge in [0.1, 0.15) is 11.3 Å². The molecule has 0 amide bonds. The van der Waals surface area contributed by atoms with Gasteiger partial charge in [-0.2, -0.15) is 4.98 Å². The summed E-state index contributed by atoms with van der Waals surface area (Å²) in [6.07, 6.45) is 8.20. The Morgan fingerprint density at radius 2 is 2.04 bits per heavy atom. The third kappa shape index (κ3) is 2.62. The number of nitrogens with one attached hydrogen (secondary N) is 1. The lowest BCUT2D eigenvalue weighted by Gasteiger charge is -2.16. The van der Waals surface area contributed by atoms with Gasteiger partial charge >= 0.3 is 0 Å². The van der Waals surface area contributed by atoms with Gasteiger partial charge in [0.05, 0.1) is 6.33 Å². The van der Waals surface area contributed by atoms with Crippen LogP contribution >= 0.6 is 0 Å². The van der Waals surface area contributed by atoms with Gasteiger partial charge in [0.15, 0.2) is 5.82 Å². The van der Waals surface area contributed by atoms with Gasteiger partial charge in [0, 0.05) is 31.5 Å². The minimum Gasteiger partial charge on any atom is -0.340 e. The van der Waals surface area contributed by atoms with Crippen LogP contribution in [0.2, 0.25) is 0 Å². The zero-order chi connectivity index (χ0) is 15.8. The Bertz CT molecular complexity index is 811. The average Bonchev–Trinajstić information content (AvgIpc) is 3.28. The van der Waals surface area contributed by atoms with Crippen LogP contribution in [0.15, 0.2) is 30.9 Å². The number of fused-ring (bicyclic) bond motifs is 1. The molecule has 0 spiro atoms. The standard InChI is InChI=1S/C16H21N7/c1-12(2)22-10-14(17-11-22)18-15-13-6-5-9-23(13)20-16(19-15)21-7-3-4-8-21/h5-6,9-12H,3-4,7-8H2,1-2H3,(H,18,19,20). The highest BCUT2D eigenvalue weighted by Gasteiger charge is 2.18. The lowest BCUT2D eigenvalue weighted by atomic mass is 10.4. The fourth-order valence-electron chi connectivity index (χ4n) is 2.87. The zero-order valence-electron chi connectivity index (χ0n) is 13.5. The topological polar surface area (TPSA) is 63.3 Å². The maximum Gasteiger partial charge on any atom is 0.245 e. The van der Waals surface area contributed by atoms with Crippen LogP contribution in [0.3, 0.4) is 0 Å². The van der Waals surface area contributed by atoms with Crippen molar-refractivity contribution in [2.45, 2.75) is 32.7 Å². The number of rotatable bonds is 4. The van der Waals surface area contributed by atoms with Crippen LogP contribution in [-0.2, 0) is 0 Å². The van der Waals surface area contributed by atoms with Gasteiger partial charge in [-0.15, -0.1) is 5.10 Å². The van der Waals surface area contributed by atoms with Crippen molar-refractivity contribution < 1.29 is 0 Å². The van der Waals surface area contributed by atoms with Crippen LogP contribution in [0.5, 0.6) is 0 Å². The number of imidazole rings is 1. The van der Waals surface area contributed by atoms with Gasteiger partial charge in [0.2, 0.25) is 5.95 Å². The van der Waals surface area contributed by atoms with E-state index in [1.165, 1.54) is 12.8 Å². The highest BCUT2D eigenvalue weighted by atomic mass is 15.4. The van der Waals surface area contributed by atoms with Crippen LogP contribution < -0.4 is 10.2 Å². The number of hydrogen-bond donors (Lipinski definition) is 1. The van der Waals surface area contributed by atoms with Gasteiger partial charge in [-0.3, -0.25) is 0 Å². The summed E-state index contributed by atoms with van der Waals surface area (Å²) in [5, 5.41) is 7.96. The van der Waals surface area contributed by atoms with Gasteiger partial charge in [-0.1, -0.05) is 0 Å². The molecule has 4 rings (SSSR count). The third-order valence-electron chi connectivity index (χ3n) is 4.21. The fourth-order valence-corrected chi connectivity index (χ4v) is 2.87. The van der Waals surface area contributed by atoms with Gasteiger partial charge in [0.25, 0.3) is 0 Å². The Morgan fingerprint density at radius 1 is 1.22 bits per heavy atom. The first-order valence-electron chi connectivity index (χ1n) is 8.11. The summed E-state index contributed by atoms with van der Waals surface area (Å²) in [5.41, 5.74) is 0.951. The third-order valence-corrected chi connectivity index (χ3v) is 4.21. The summed E-state index contributed by atoms with van der Waals surface area (Å²) in [6, 6.07) is 4.38. The average molecular weight is 311 g/mol. The number of aromatic nitrogens is 5. The molecule has 7 nitrogen and oxygen atoms in total. The highest BCUT2D eigenvalue weighted by Crippen LogP contribution is 2.23. The van der Waals surface area contributed by atoms with E-state index >= 15 is 0 Å². The van der Waals surface area contributed by atoms with Gasteiger partial charge < -0.3 is 14.8 Å². The molecular formula is C16H21N7. The molecule has 4 heterocycles. The number of hydrogen-bond acceptors (Lipinski definition) is 5. The van der Waals surface area contributed by atoms with Crippen LogP contribution in [0.25, 0.3) is 5.52 Å². The van der Waals surface area contributed by atoms with Crippen molar-refractivity contribution in [1.82, 2.24) is 24.1 Å². The number of nitrogens with zero attached hydrogens (tertiary/aromatic N) is 6. The molecule has 1 N–H and O–H groups in total. The minimum atomic E-state index is 0.386. The summed E-state index contributed by atoms with van der Waals surface area (Å²) in [7, 11) is 0. The second-order valence-electron chi connectivity index (χ2n) is 6.22. The molecule has 23 heavy (non-hydrogen) atoms. The van der Waals surface area contributed by atoms with E-state index in [0.717, 1.165) is 36.2 Å². The van der Waals surface area contributed by atoms with Crippen molar-refractivity contribution in [3.05, 3.63) is 30.9 Å². The van der Waals surface area contributed by atoms with Gasteiger partial charge in [-0.25, -0.2) is 9.50 Å². The second kappa shape index (κ2) is 5.57. The lowest BCUT2D eigenvalue weighted by Crippen LogP contribution is -2.22. The van der Waals surface area contributed by atoms with E-state index in [2.05, 4.69) is 38.7 Å². The molecule has 1 aliphatic heterocycles. The van der Waals surface area contributed by atoms with E-state index in [9.17, 15) is 0 Å². The summed E-state index contributed by atoms with van der Waals surface area (Å²) in [6.45, 7) is 6.31. The summed E-state index contributed by atoms with van der Waals surface area (Å²) >= 11 is 0. The monoisotopic (exact) mass is 311 g/mol. The molecule has 0 atom stereocenters. The van der Waals surface area contributed by atoms with Gasteiger partial charge in [-0.05, 0) is 38.8 Å². The fraction of sp³-hybridized carbons (Fsp3) is 0.438. The van der Waals surface area contributed by atoms with Crippen molar-refractivity contribution in [3.8, 4) is 0 Å². The first-order valence-corrected chi connectivity index (χ1v) is 8.11. The molecule has 7 heteroatoms. The first-order chi connectivity index (χ1) is 11.2. The first kappa shape index (κ1) is 14.0. The summed E-state index contributed by atoms with van der Waals surface area (Å²) < 4.78 is 3.95. The Morgan fingerprint density at radius 3 is 2.78 bits per heavy atom. The molecule has 0 aliphatic carbocycles. The Hall–Kier alpha value is -2.57. The molecule has 0 aromatic carbocycles.